The van der Waals surface area contributed by atoms with Gasteiger partial charge in [0, 0.05) is 19.8 Å². The summed E-state index contributed by atoms with van der Waals surface area (Å²) in [4.78, 5) is 6.97. The van der Waals surface area contributed by atoms with Gasteiger partial charge in [0.25, 0.3) is 0 Å². The average Bonchev–Trinajstić information content (AvgIpc) is 3.50. The topological polar surface area (TPSA) is 57.5 Å². The number of benzene rings is 2. The molecule has 156 valence electrons. The number of nitrogens with zero attached hydrogens (tertiary/aromatic N) is 4. The molecule has 0 amide bonds. The summed E-state index contributed by atoms with van der Waals surface area (Å²) in [6, 6.07) is 23.3. The molecule has 1 aliphatic rings. The molecule has 0 bridgehead atoms. The summed E-state index contributed by atoms with van der Waals surface area (Å²) in [5.74, 6) is 0.796. The Bertz CT molecular complexity index is 929. The number of rotatable bonds is 7. The Hall–Kier alpha value is -3.12. The van der Waals surface area contributed by atoms with Crippen molar-refractivity contribution in [3.8, 4) is 5.69 Å². The molecule has 4 rings (SSSR count). The van der Waals surface area contributed by atoms with E-state index >= 15 is 0 Å². The number of nitrogens with one attached hydrogen (secondary N) is 2. The molecule has 1 aromatic heterocycles. The maximum absolute atomic E-state index is 4.66. The smallest absolute Gasteiger partial charge is 0.191 e. The molecule has 0 aliphatic carbocycles. The molecule has 3 aromatic rings. The molecular weight excluding hydrogens is 372 g/mol. The van der Waals surface area contributed by atoms with E-state index in [1.165, 1.54) is 18.4 Å². The summed E-state index contributed by atoms with van der Waals surface area (Å²) < 4.78 is 1.89. The monoisotopic (exact) mass is 402 g/mol. The van der Waals surface area contributed by atoms with Crippen molar-refractivity contribution >= 4 is 5.96 Å². The van der Waals surface area contributed by atoms with Gasteiger partial charge in [0.2, 0.25) is 0 Å². The molecule has 6 nitrogen and oxygen atoms in total. The molecule has 1 saturated heterocycles. The Balaban J connectivity index is 1.34. The summed E-state index contributed by atoms with van der Waals surface area (Å²) in [6.45, 7) is 3.76. The lowest BCUT2D eigenvalue weighted by atomic mass is 10.1. The number of likely N-dealkylation sites (tertiary alicyclic amines) is 1. The molecule has 0 spiro atoms. The van der Waals surface area contributed by atoms with Crippen LogP contribution in [0.3, 0.4) is 0 Å². The van der Waals surface area contributed by atoms with Crippen LogP contribution in [-0.2, 0) is 6.54 Å². The van der Waals surface area contributed by atoms with Crippen molar-refractivity contribution in [1.82, 2.24) is 25.3 Å². The van der Waals surface area contributed by atoms with E-state index in [1.807, 2.05) is 54.3 Å². The van der Waals surface area contributed by atoms with Crippen LogP contribution in [0, 0.1) is 0 Å². The van der Waals surface area contributed by atoms with E-state index < -0.39 is 0 Å². The van der Waals surface area contributed by atoms with Crippen LogP contribution in [0.25, 0.3) is 5.69 Å². The predicted molar refractivity (Wildman–Crippen MR) is 122 cm³/mol. The third-order valence-corrected chi connectivity index (χ3v) is 5.55. The van der Waals surface area contributed by atoms with Crippen molar-refractivity contribution in [2.75, 3.05) is 26.7 Å². The first-order valence-electron chi connectivity index (χ1n) is 10.7. The summed E-state index contributed by atoms with van der Waals surface area (Å²) in [5, 5.41) is 11.6. The van der Waals surface area contributed by atoms with E-state index in [9.17, 15) is 0 Å². The second-order valence-corrected chi connectivity index (χ2v) is 7.56. The lowest BCUT2D eigenvalue weighted by Crippen LogP contribution is -2.42. The van der Waals surface area contributed by atoms with Crippen molar-refractivity contribution in [1.29, 1.82) is 0 Å². The van der Waals surface area contributed by atoms with Gasteiger partial charge in [-0.15, -0.1) is 0 Å². The van der Waals surface area contributed by atoms with E-state index in [1.54, 1.807) is 0 Å². The second-order valence-electron chi connectivity index (χ2n) is 7.56. The number of aromatic nitrogens is 2. The Kier molecular flexibility index (Phi) is 6.77. The van der Waals surface area contributed by atoms with Crippen LogP contribution in [0.1, 0.15) is 30.1 Å². The normalized spacial score (nSPS) is 15.8. The zero-order chi connectivity index (χ0) is 20.6. The minimum Gasteiger partial charge on any atom is -0.354 e. The highest BCUT2D eigenvalue weighted by Crippen LogP contribution is 2.24. The SMILES string of the molecule is CN=C(NCc1ccn(-c2ccccc2)n1)NCC(c1ccccc1)N1CCCC1. The lowest BCUT2D eigenvalue weighted by molar-refractivity contribution is 0.245. The Morgan fingerprint density at radius 3 is 2.37 bits per heavy atom. The van der Waals surface area contributed by atoms with Crippen LogP contribution < -0.4 is 10.6 Å². The highest BCUT2D eigenvalue weighted by Gasteiger charge is 2.23. The Labute approximate surface area is 178 Å². The third-order valence-electron chi connectivity index (χ3n) is 5.55. The number of aliphatic imine (C=N–C) groups is 1. The van der Waals surface area contributed by atoms with Crippen LogP contribution in [0.5, 0.6) is 0 Å². The molecule has 1 unspecified atom stereocenters. The molecule has 1 aliphatic heterocycles. The predicted octanol–water partition coefficient (Wildman–Crippen LogP) is 3.37. The fourth-order valence-electron chi connectivity index (χ4n) is 3.95. The van der Waals surface area contributed by atoms with Crippen molar-refractivity contribution in [2.24, 2.45) is 4.99 Å². The van der Waals surface area contributed by atoms with Gasteiger partial charge in [-0.1, -0.05) is 48.5 Å². The molecule has 30 heavy (non-hydrogen) atoms. The lowest BCUT2D eigenvalue weighted by Gasteiger charge is -2.28. The zero-order valence-corrected chi connectivity index (χ0v) is 17.5. The molecule has 1 fully saturated rings. The van der Waals surface area contributed by atoms with Crippen molar-refractivity contribution in [3.63, 3.8) is 0 Å². The number of para-hydroxylation sites is 1. The highest BCUT2D eigenvalue weighted by molar-refractivity contribution is 5.79. The summed E-state index contributed by atoms with van der Waals surface area (Å²) in [5.41, 5.74) is 3.38. The zero-order valence-electron chi connectivity index (χ0n) is 17.5. The molecule has 2 aromatic carbocycles. The van der Waals surface area contributed by atoms with Gasteiger partial charge in [-0.2, -0.15) is 5.10 Å². The number of hydrogen-bond acceptors (Lipinski definition) is 3. The summed E-state index contributed by atoms with van der Waals surface area (Å²) in [7, 11) is 1.81. The van der Waals surface area contributed by atoms with Crippen LogP contribution >= 0.6 is 0 Å². The van der Waals surface area contributed by atoms with Gasteiger partial charge in [-0.05, 0) is 49.7 Å². The quantitative estimate of drug-likeness (QED) is 0.470. The Morgan fingerprint density at radius 2 is 1.67 bits per heavy atom. The van der Waals surface area contributed by atoms with Gasteiger partial charge < -0.3 is 10.6 Å². The molecule has 2 N–H and O–H groups in total. The summed E-state index contributed by atoms with van der Waals surface area (Å²) >= 11 is 0. The maximum Gasteiger partial charge on any atom is 0.191 e. The maximum atomic E-state index is 4.66. The largest absolute Gasteiger partial charge is 0.354 e. The van der Waals surface area contributed by atoms with Gasteiger partial charge >= 0.3 is 0 Å². The highest BCUT2D eigenvalue weighted by atomic mass is 15.3. The molecule has 6 heteroatoms. The molecule has 1 atom stereocenters. The third kappa shape index (κ3) is 5.07. The minimum atomic E-state index is 0.351. The van der Waals surface area contributed by atoms with E-state index in [4.69, 9.17) is 0 Å². The average molecular weight is 403 g/mol. The molecule has 0 radical (unpaired) electrons. The first kappa shape index (κ1) is 20.2. The van der Waals surface area contributed by atoms with Crippen LogP contribution in [0.4, 0.5) is 0 Å². The molecule has 2 heterocycles. The number of guanidine groups is 1. The molecule has 0 saturated carbocycles. The minimum absolute atomic E-state index is 0.351. The van der Waals surface area contributed by atoms with Gasteiger partial charge in [-0.25, -0.2) is 4.68 Å². The standard InChI is InChI=1S/C24H30N6/c1-25-24(26-18-21-14-17-30(28-21)22-12-6-3-7-13-22)27-19-23(29-15-8-9-16-29)20-10-4-2-5-11-20/h2-7,10-14,17,23H,8-9,15-16,18-19H2,1H3,(H2,25,26,27). The van der Waals surface area contributed by atoms with Crippen molar-refractivity contribution in [2.45, 2.75) is 25.4 Å². The van der Waals surface area contributed by atoms with Crippen molar-refractivity contribution < 1.29 is 0 Å². The Morgan fingerprint density at radius 1 is 0.967 bits per heavy atom. The van der Waals surface area contributed by atoms with E-state index in [0.29, 0.717) is 12.6 Å². The van der Waals surface area contributed by atoms with Gasteiger partial charge in [0.1, 0.15) is 0 Å². The van der Waals surface area contributed by atoms with Crippen LogP contribution in [0.15, 0.2) is 77.9 Å². The fraction of sp³-hybridized carbons (Fsp3) is 0.333. The first-order valence-corrected chi connectivity index (χ1v) is 10.7. The van der Waals surface area contributed by atoms with E-state index in [-0.39, 0.29) is 0 Å². The van der Waals surface area contributed by atoms with Crippen LogP contribution in [-0.4, -0.2) is 47.3 Å². The second kappa shape index (κ2) is 10.1. The van der Waals surface area contributed by atoms with Gasteiger partial charge in [0.05, 0.1) is 24.0 Å². The first-order chi connectivity index (χ1) is 14.8. The van der Waals surface area contributed by atoms with Gasteiger partial charge in [0.15, 0.2) is 5.96 Å². The fourth-order valence-corrected chi connectivity index (χ4v) is 3.95. The number of hydrogen-bond donors (Lipinski definition) is 2. The van der Waals surface area contributed by atoms with E-state index in [2.05, 4.69) is 56.0 Å². The van der Waals surface area contributed by atoms with E-state index in [0.717, 1.165) is 37.0 Å². The van der Waals surface area contributed by atoms with Gasteiger partial charge in [-0.3, -0.25) is 9.89 Å². The summed E-state index contributed by atoms with van der Waals surface area (Å²) in [6.07, 6.45) is 4.54. The molecular formula is C24H30N6. The van der Waals surface area contributed by atoms with Crippen molar-refractivity contribution in [3.05, 3.63) is 84.2 Å². The van der Waals surface area contributed by atoms with Crippen LogP contribution in [0.2, 0.25) is 0 Å².